The van der Waals surface area contributed by atoms with Gasteiger partial charge in [-0.05, 0) is 19.3 Å². The van der Waals surface area contributed by atoms with Gasteiger partial charge in [0.2, 0.25) is 0 Å². The van der Waals surface area contributed by atoms with Crippen molar-refractivity contribution in [2.45, 2.75) is 25.4 Å². The van der Waals surface area contributed by atoms with E-state index in [1.54, 1.807) is 0 Å². The molecular weight excluding hydrogens is 176 g/mol. The largest absolute Gasteiger partial charge is 0.481 e. The summed E-state index contributed by atoms with van der Waals surface area (Å²) in [6.45, 7) is 0. The van der Waals surface area contributed by atoms with Gasteiger partial charge in [0.25, 0.3) is 0 Å². The first-order valence-electron chi connectivity index (χ1n) is 4.16. The lowest BCUT2D eigenvalue weighted by molar-refractivity contribution is -0.157. The first-order valence-corrected chi connectivity index (χ1v) is 4.16. The summed E-state index contributed by atoms with van der Waals surface area (Å²) in [7, 11) is 0. The predicted molar refractivity (Wildman–Crippen MR) is 42.1 cm³/mol. The minimum atomic E-state index is -1.13. The first kappa shape index (κ1) is 9.98. The Morgan fingerprint density at radius 3 is 2.00 bits per heavy atom. The molecule has 0 aromatic carbocycles. The second-order valence-electron chi connectivity index (χ2n) is 3.36. The molecule has 0 unspecified atom stereocenters. The van der Waals surface area contributed by atoms with Crippen LogP contribution in [0.4, 0.5) is 0 Å². The summed E-state index contributed by atoms with van der Waals surface area (Å²) < 4.78 is 0. The van der Waals surface area contributed by atoms with Gasteiger partial charge in [-0.25, -0.2) is 0 Å². The van der Waals surface area contributed by atoms with E-state index in [-0.39, 0.29) is 12.8 Å². The van der Waals surface area contributed by atoms with Gasteiger partial charge in [-0.1, -0.05) is 0 Å². The third-order valence-electron chi connectivity index (χ3n) is 2.46. The lowest BCUT2D eigenvalue weighted by Gasteiger charge is -2.28. The Kier molecular flexibility index (Phi) is 2.87. The van der Waals surface area contributed by atoms with E-state index in [9.17, 15) is 14.7 Å². The summed E-state index contributed by atoms with van der Waals surface area (Å²) in [6, 6.07) is 0. The molecule has 0 aromatic rings. The molecule has 5 nitrogen and oxygen atoms in total. The van der Waals surface area contributed by atoms with Crippen LogP contribution in [0.1, 0.15) is 19.3 Å². The second-order valence-corrected chi connectivity index (χ2v) is 3.36. The molecule has 74 valence electrons. The highest BCUT2D eigenvalue weighted by molar-refractivity contribution is 5.80. The van der Waals surface area contributed by atoms with Crippen LogP contribution in [0.25, 0.3) is 0 Å². The molecule has 1 aliphatic rings. The molecule has 0 aliphatic heterocycles. The third kappa shape index (κ3) is 2.18. The van der Waals surface area contributed by atoms with E-state index in [4.69, 9.17) is 10.2 Å². The smallest absolute Gasteiger partial charge is 0.307 e. The molecule has 0 saturated heterocycles. The Morgan fingerprint density at radius 2 is 1.54 bits per heavy atom. The van der Waals surface area contributed by atoms with E-state index in [2.05, 4.69) is 0 Å². The summed E-state index contributed by atoms with van der Waals surface area (Å²) in [4.78, 5) is 21.3. The van der Waals surface area contributed by atoms with Gasteiger partial charge in [0.15, 0.2) is 0 Å². The van der Waals surface area contributed by atoms with Crippen LogP contribution in [0.3, 0.4) is 0 Å². The molecule has 1 aliphatic carbocycles. The van der Waals surface area contributed by atoms with Crippen LogP contribution in [-0.4, -0.2) is 33.4 Å². The number of carbonyl (C=O) groups is 2. The zero-order valence-corrected chi connectivity index (χ0v) is 7.01. The fraction of sp³-hybridized carbons (Fsp3) is 0.750. The summed E-state index contributed by atoms with van der Waals surface area (Å²) in [5.41, 5.74) is 0. The predicted octanol–water partition coefficient (Wildman–Crippen LogP) is -0.0672. The lowest BCUT2D eigenvalue weighted by Crippen LogP contribution is -2.37. The zero-order chi connectivity index (χ0) is 10.0. The molecule has 0 radical (unpaired) electrons. The topological polar surface area (TPSA) is 94.8 Å². The molecule has 13 heavy (non-hydrogen) atoms. The average molecular weight is 188 g/mol. The van der Waals surface area contributed by atoms with Crippen molar-refractivity contribution in [3.8, 4) is 0 Å². The Labute approximate surface area is 75.0 Å². The lowest BCUT2D eigenvalue weighted by atomic mass is 9.78. The highest BCUT2D eigenvalue weighted by atomic mass is 16.4. The number of aliphatic hydroxyl groups excluding tert-OH is 1. The van der Waals surface area contributed by atoms with Crippen LogP contribution in [0.2, 0.25) is 0 Å². The number of carboxylic acids is 2. The Morgan fingerprint density at radius 1 is 1.00 bits per heavy atom. The number of rotatable bonds is 2. The van der Waals surface area contributed by atoms with E-state index in [0.717, 1.165) is 0 Å². The van der Waals surface area contributed by atoms with Crippen molar-refractivity contribution in [2.24, 2.45) is 11.8 Å². The van der Waals surface area contributed by atoms with Gasteiger partial charge in [0.05, 0.1) is 17.9 Å². The van der Waals surface area contributed by atoms with Gasteiger partial charge in [-0.2, -0.15) is 0 Å². The number of carboxylic acid groups (broad SMARTS) is 2. The Hall–Kier alpha value is -1.10. The maximum atomic E-state index is 10.6. The number of aliphatic carboxylic acids is 2. The van der Waals surface area contributed by atoms with Crippen molar-refractivity contribution in [1.82, 2.24) is 0 Å². The number of aliphatic hydroxyl groups is 1. The van der Waals surface area contributed by atoms with Gasteiger partial charge in [0.1, 0.15) is 0 Å². The van der Waals surface area contributed by atoms with E-state index in [1.165, 1.54) is 0 Å². The molecule has 3 N–H and O–H groups in total. The normalized spacial score (nSPS) is 34.1. The molecule has 3 atom stereocenters. The summed E-state index contributed by atoms with van der Waals surface area (Å²) >= 11 is 0. The minimum Gasteiger partial charge on any atom is -0.481 e. The van der Waals surface area contributed by atoms with Crippen molar-refractivity contribution >= 4 is 11.9 Å². The highest BCUT2D eigenvalue weighted by Crippen LogP contribution is 2.30. The van der Waals surface area contributed by atoms with Crippen LogP contribution < -0.4 is 0 Å². The van der Waals surface area contributed by atoms with Crippen LogP contribution in [-0.2, 0) is 9.59 Å². The SMILES string of the molecule is O=C(O)[C@H]1C[C@@H](O)CC[C@H]1C(=O)O. The van der Waals surface area contributed by atoms with Gasteiger partial charge in [0, 0.05) is 0 Å². The molecular formula is C8H12O5. The number of hydrogen-bond donors (Lipinski definition) is 3. The van der Waals surface area contributed by atoms with Crippen LogP contribution in [0.5, 0.6) is 0 Å². The van der Waals surface area contributed by atoms with Crippen LogP contribution >= 0.6 is 0 Å². The van der Waals surface area contributed by atoms with E-state index >= 15 is 0 Å². The van der Waals surface area contributed by atoms with Crippen LogP contribution in [0, 0.1) is 11.8 Å². The molecule has 5 heteroatoms. The van der Waals surface area contributed by atoms with Crippen LogP contribution in [0.15, 0.2) is 0 Å². The van der Waals surface area contributed by atoms with E-state index in [1.807, 2.05) is 0 Å². The molecule has 0 bridgehead atoms. The highest BCUT2D eigenvalue weighted by Gasteiger charge is 2.38. The second kappa shape index (κ2) is 3.74. The van der Waals surface area contributed by atoms with Crippen molar-refractivity contribution in [3.05, 3.63) is 0 Å². The van der Waals surface area contributed by atoms with E-state index < -0.39 is 29.9 Å². The maximum Gasteiger partial charge on any atom is 0.307 e. The van der Waals surface area contributed by atoms with Crippen molar-refractivity contribution in [2.75, 3.05) is 0 Å². The minimum absolute atomic E-state index is 0.0479. The monoisotopic (exact) mass is 188 g/mol. The Balaban J connectivity index is 2.72. The quantitative estimate of drug-likeness (QED) is 0.564. The molecule has 0 amide bonds. The summed E-state index contributed by atoms with van der Waals surface area (Å²) in [6.07, 6.45) is -0.00255. The van der Waals surface area contributed by atoms with Gasteiger partial charge in [-0.15, -0.1) is 0 Å². The molecule has 1 fully saturated rings. The average Bonchev–Trinajstić information content (AvgIpc) is 2.03. The van der Waals surface area contributed by atoms with Crippen molar-refractivity contribution < 1.29 is 24.9 Å². The molecule has 1 rings (SSSR count). The molecule has 1 saturated carbocycles. The number of hydrogen-bond acceptors (Lipinski definition) is 3. The molecule has 0 aromatic heterocycles. The standard InChI is InChI=1S/C8H12O5/c9-4-1-2-5(7(10)11)6(3-4)8(12)13/h4-6,9H,1-3H2,(H,10,11)(H,12,13)/t4-,5+,6-/m0/s1. The van der Waals surface area contributed by atoms with Crippen molar-refractivity contribution in [3.63, 3.8) is 0 Å². The van der Waals surface area contributed by atoms with E-state index in [0.29, 0.717) is 6.42 Å². The van der Waals surface area contributed by atoms with Gasteiger partial charge in [-0.3, -0.25) is 9.59 Å². The summed E-state index contributed by atoms with van der Waals surface area (Å²) in [5.74, 6) is -4.01. The first-order chi connectivity index (χ1) is 6.02. The Bertz CT molecular complexity index is 225. The zero-order valence-electron chi connectivity index (χ0n) is 7.01. The third-order valence-corrected chi connectivity index (χ3v) is 2.46. The molecule has 0 spiro atoms. The maximum absolute atomic E-state index is 10.6. The van der Waals surface area contributed by atoms with Crippen molar-refractivity contribution in [1.29, 1.82) is 0 Å². The van der Waals surface area contributed by atoms with Gasteiger partial charge >= 0.3 is 11.9 Å². The van der Waals surface area contributed by atoms with Gasteiger partial charge < -0.3 is 15.3 Å². The molecule has 0 heterocycles. The summed E-state index contributed by atoms with van der Waals surface area (Å²) in [5, 5.41) is 26.6. The fourth-order valence-corrected chi connectivity index (χ4v) is 1.72. The fourth-order valence-electron chi connectivity index (χ4n) is 1.72.